The van der Waals surface area contributed by atoms with Crippen LogP contribution in [0.4, 0.5) is 0 Å². The first-order valence-corrected chi connectivity index (χ1v) is 5.72. The van der Waals surface area contributed by atoms with E-state index < -0.39 is 22.7 Å². The van der Waals surface area contributed by atoms with Gasteiger partial charge < -0.3 is 9.90 Å². The number of sulfonamides is 1. The van der Waals surface area contributed by atoms with Gasteiger partial charge in [-0.2, -0.15) is 4.72 Å². The maximum atomic E-state index is 11.6. The van der Waals surface area contributed by atoms with Crippen molar-refractivity contribution in [3.63, 3.8) is 0 Å². The minimum absolute atomic E-state index is 0.0605. The molecule has 0 unspecified atom stereocenters. The van der Waals surface area contributed by atoms with Crippen molar-refractivity contribution >= 4 is 16.3 Å². The Morgan fingerprint density at radius 1 is 1.33 bits per heavy atom. The molecule has 15 heavy (non-hydrogen) atoms. The van der Waals surface area contributed by atoms with E-state index in [0.717, 1.165) is 0 Å². The van der Waals surface area contributed by atoms with Crippen LogP contribution in [-0.2, 0) is 14.8 Å². The molecule has 0 aromatic heterocycles. The highest BCUT2D eigenvalue weighted by Gasteiger charge is 2.18. The van der Waals surface area contributed by atoms with Crippen LogP contribution in [-0.4, -0.2) is 32.5 Å². The van der Waals surface area contributed by atoms with Gasteiger partial charge in [0.25, 0.3) is 0 Å². The van der Waals surface area contributed by atoms with Gasteiger partial charge in [0.1, 0.15) is 12.3 Å². The van der Waals surface area contributed by atoms with Gasteiger partial charge in [-0.3, -0.25) is 0 Å². The molecule has 0 saturated carbocycles. The smallest absolute Gasteiger partial charge is 0.241 e. The SMILES string of the molecule is O=C[C@@H](CO)NS(=O)(=O)c1ccccc1. The summed E-state index contributed by atoms with van der Waals surface area (Å²) in [4.78, 5) is 10.4. The van der Waals surface area contributed by atoms with Gasteiger partial charge in [0.2, 0.25) is 10.0 Å². The Morgan fingerprint density at radius 2 is 1.93 bits per heavy atom. The Morgan fingerprint density at radius 3 is 2.40 bits per heavy atom. The van der Waals surface area contributed by atoms with Crippen LogP contribution in [0.2, 0.25) is 0 Å². The molecule has 0 heterocycles. The molecular formula is C9H11NO4S. The highest BCUT2D eigenvalue weighted by Crippen LogP contribution is 2.07. The lowest BCUT2D eigenvalue weighted by Gasteiger charge is -2.10. The lowest BCUT2D eigenvalue weighted by atomic mass is 10.4. The van der Waals surface area contributed by atoms with Crippen LogP contribution in [0.15, 0.2) is 35.2 Å². The lowest BCUT2D eigenvalue weighted by molar-refractivity contribution is -0.109. The zero-order valence-corrected chi connectivity index (χ0v) is 8.65. The first kappa shape index (κ1) is 11.8. The van der Waals surface area contributed by atoms with Gasteiger partial charge in [-0.25, -0.2) is 8.42 Å². The minimum atomic E-state index is -3.72. The Hall–Kier alpha value is -1.24. The number of carbonyl (C=O) groups is 1. The maximum Gasteiger partial charge on any atom is 0.241 e. The van der Waals surface area contributed by atoms with E-state index in [1.807, 2.05) is 0 Å². The molecule has 82 valence electrons. The molecule has 0 radical (unpaired) electrons. The fourth-order valence-corrected chi connectivity index (χ4v) is 2.16. The molecule has 1 aromatic carbocycles. The molecule has 5 nitrogen and oxygen atoms in total. The summed E-state index contributed by atoms with van der Waals surface area (Å²) in [6.07, 6.45) is 0.348. The molecule has 0 aliphatic carbocycles. The Balaban J connectivity index is 2.90. The summed E-state index contributed by atoms with van der Waals surface area (Å²) < 4.78 is 25.2. The summed E-state index contributed by atoms with van der Waals surface area (Å²) in [6.45, 7) is -0.560. The van der Waals surface area contributed by atoms with Gasteiger partial charge in [0.15, 0.2) is 0 Å². The normalized spacial score (nSPS) is 13.4. The summed E-state index contributed by atoms with van der Waals surface area (Å²) in [5, 5.41) is 8.68. The van der Waals surface area contributed by atoms with E-state index in [2.05, 4.69) is 4.72 Å². The maximum absolute atomic E-state index is 11.6. The van der Waals surface area contributed by atoms with Gasteiger partial charge in [0, 0.05) is 0 Å². The van der Waals surface area contributed by atoms with E-state index in [-0.39, 0.29) is 4.90 Å². The summed E-state index contributed by atoms with van der Waals surface area (Å²) in [5.74, 6) is 0. The van der Waals surface area contributed by atoms with Crippen LogP contribution < -0.4 is 4.72 Å². The monoisotopic (exact) mass is 229 g/mol. The number of carbonyl (C=O) groups excluding carboxylic acids is 1. The molecule has 6 heteroatoms. The van der Waals surface area contributed by atoms with E-state index in [0.29, 0.717) is 6.29 Å². The van der Waals surface area contributed by atoms with E-state index in [9.17, 15) is 13.2 Å². The number of hydrogen-bond acceptors (Lipinski definition) is 4. The third-order valence-electron chi connectivity index (χ3n) is 1.72. The average Bonchev–Trinajstić information content (AvgIpc) is 2.27. The topological polar surface area (TPSA) is 83.5 Å². The van der Waals surface area contributed by atoms with Crippen LogP contribution in [0.25, 0.3) is 0 Å². The summed E-state index contributed by atoms with van der Waals surface area (Å²) >= 11 is 0. The molecule has 0 fully saturated rings. The van der Waals surface area contributed by atoms with Gasteiger partial charge >= 0.3 is 0 Å². The van der Waals surface area contributed by atoms with E-state index in [1.54, 1.807) is 18.2 Å². The molecule has 2 N–H and O–H groups in total. The zero-order valence-electron chi connectivity index (χ0n) is 7.83. The van der Waals surface area contributed by atoms with Crippen molar-refractivity contribution in [3.8, 4) is 0 Å². The van der Waals surface area contributed by atoms with Crippen LogP contribution in [0.3, 0.4) is 0 Å². The highest BCUT2D eigenvalue weighted by molar-refractivity contribution is 7.89. The summed E-state index contributed by atoms with van der Waals surface area (Å²) in [7, 11) is -3.72. The third-order valence-corrected chi connectivity index (χ3v) is 3.23. The Labute approximate surface area is 87.8 Å². The average molecular weight is 229 g/mol. The lowest BCUT2D eigenvalue weighted by Crippen LogP contribution is -2.38. The number of hydrogen-bond donors (Lipinski definition) is 2. The predicted molar refractivity (Wildman–Crippen MR) is 53.7 cm³/mol. The van der Waals surface area contributed by atoms with Gasteiger partial charge in [0.05, 0.1) is 11.5 Å². The minimum Gasteiger partial charge on any atom is -0.394 e. The molecule has 0 aliphatic rings. The number of aldehydes is 1. The predicted octanol–water partition coefficient (Wildman–Crippen LogP) is -0.475. The number of benzene rings is 1. The van der Waals surface area contributed by atoms with Crippen LogP contribution in [0.1, 0.15) is 0 Å². The standard InChI is InChI=1S/C9H11NO4S/c11-6-8(7-12)10-15(13,14)9-4-2-1-3-5-9/h1-6,8,10,12H,7H2/t8-/m0/s1. The largest absolute Gasteiger partial charge is 0.394 e. The van der Waals surface area contributed by atoms with Gasteiger partial charge in [-0.05, 0) is 12.1 Å². The highest BCUT2D eigenvalue weighted by atomic mass is 32.2. The van der Waals surface area contributed by atoms with Crippen molar-refractivity contribution in [2.45, 2.75) is 10.9 Å². The molecule has 0 spiro atoms. The quantitative estimate of drug-likeness (QED) is 0.668. The molecule has 1 atom stereocenters. The van der Waals surface area contributed by atoms with Gasteiger partial charge in [-0.1, -0.05) is 18.2 Å². The second-order valence-electron chi connectivity index (χ2n) is 2.86. The fourth-order valence-electron chi connectivity index (χ4n) is 0.975. The Bertz CT molecular complexity index is 415. The molecule has 0 bridgehead atoms. The van der Waals surface area contributed by atoms with Crippen LogP contribution >= 0.6 is 0 Å². The van der Waals surface area contributed by atoms with Crippen molar-refractivity contribution in [1.82, 2.24) is 4.72 Å². The summed E-state index contributed by atoms with van der Waals surface area (Å²) in [5.41, 5.74) is 0. The first-order valence-electron chi connectivity index (χ1n) is 4.23. The zero-order chi connectivity index (χ0) is 11.3. The third kappa shape index (κ3) is 3.12. The number of rotatable bonds is 5. The number of aliphatic hydroxyl groups excluding tert-OH is 1. The van der Waals surface area contributed by atoms with Crippen LogP contribution in [0, 0.1) is 0 Å². The molecular weight excluding hydrogens is 218 g/mol. The van der Waals surface area contributed by atoms with E-state index in [1.165, 1.54) is 12.1 Å². The van der Waals surface area contributed by atoms with Crippen molar-refractivity contribution < 1.29 is 18.3 Å². The van der Waals surface area contributed by atoms with E-state index >= 15 is 0 Å². The molecule has 0 aliphatic heterocycles. The second-order valence-corrected chi connectivity index (χ2v) is 4.57. The first-order chi connectivity index (χ1) is 7.10. The van der Waals surface area contributed by atoms with Crippen LogP contribution in [0.5, 0.6) is 0 Å². The summed E-state index contributed by atoms with van der Waals surface area (Å²) in [6, 6.07) is 6.54. The molecule has 0 saturated heterocycles. The van der Waals surface area contributed by atoms with Gasteiger partial charge in [-0.15, -0.1) is 0 Å². The number of aliphatic hydroxyl groups is 1. The van der Waals surface area contributed by atoms with E-state index in [4.69, 9.17) is 5.11 Å². The van der Waals surface area contributed by atoms with Crippen molar-refractivity contribution in [1.29, 1.82) is 0 Å². The Kier molecular flexibility index (Phi) is 3.96. The second kappa shape index (κ2) is 5.01. The fraction of sp³-hybridized carbons (Fsp3) is 0.222. The van der Waals surface area contributed by atoms with Crippen molar-refractivity contribution in [2.75, 3.05) is 6.61 Å². The number of nitrogens with one attached hydrogen (secondary N) is 1. The van der Waals surface area contributed by atoms with Crippen molar-refractivity contribution in [2.24, 2.45) is 0 Å². The molecule has 1 aromatic rings. The molecule has 1 rings (SSSR count). The van der Waals surface area contributed by atoms with Crippen molar-refractivity contribution in [3.05, 3.63) is 30.3 Å². The molecule has 0 amide bonds.